The predicted octanol–water partition coefficient (Wildman–Crippen LogP) is 1.75. The van der Waals surface area contributed by atoms with Gasteiger partial charge in [-0.1, -0.05) is 11.8 Å². The Morgan fingerprint density at radius 3 is 2.55 bits per heavy atom. The zero-order valence-electron chi connectivity index (χ0n) is 11.6. The van der Waals surface area contributed by atoms with Crippen LogP contribution in [-0.2, 0) is 14.3 Å². The van der Waals surface area contributed by atoms with Gasteiger partial charge in [-0.05, 0) is 32.0 Å². The molecule has 20 heavy (non-hydrogen) atoms. The van der Waals surface area contributed by atoms with Crippen LogP contribution >= 0.6 is 0 Å². The monoisotopic (exact) mass is 275 g/mol. The number of nitrogens with two attached hydrogens (primary N) is 1. The van der Waals surface area contributed by atoms with Crippen LogP contribution in [0, 0.1) is 11.8 Å². The normalized spacial score (nSPS) is 9.30. The van der Waals surface area contributed by atoms with Crippen molar-refractivity contribution < 1.29 is 19.1 Å². The largest absolute Gasteiger partial charge is 0.465 e. The smallest absolute Gasteiger partial charge is 0.340 e. The zero-order valence-corrected chi connectivity index (χ0v) is 11.6. The van der Waals surface area contributed by atoms with E-state index in [4.69, 9.17) is 15.2 Å². The molecule has 5 heteroatoms. The quantitative estimate of drug-likeness (QED) is 0.514. The highest BCUT2D eigenvalue weighted by molar-refractivity contribution is 5.95. The SMILES string of the molecule is CCOC(=O)CC#Cc1ccc(N)c(C(=O)OCC)c1. The predicted molar refractivity (Wildman–Crippen MR) is 74.9 cm³/mol. The van der Waals surface area contributed by atoms with Crippen molar-refractivity contribution in [2.45, 2.75) is 20.3 Å². The first-order valence-electron chi connectivity index (χ1n) is 6.29. The highest BCUT2D eigenvalue weighted by Gasteiger charge is 2.10. The number of hydrogen-bond donors (Lipinski definition) is 1. The van der Waals surface area contributed by atoms with Crippen molar-refractivity contribution in [2.24, 2.45) is 0 Å². The first-order valence-corrected chi connectivity index (χ1v) is 6.29. The average Bonchev–Trinajstić information content (AvgIpc) is 2.41. The maximum absolute atomic E-state index is 11.7. The number of rotatable bonds is 4. The fraction of sp³-hybridized carbons (Fsp3) is 0.333. The molecule has 2 N–H and O–H groups in total. The summed E-state index contributed by atoms with van der Waals surface area (Å²) in [5.74, 6) is 4.61. The van der Waals surface area contributed by atoms with Crippen LogP contribution in [0.15, 0.2) is 18.2 Å². The summed E-state index contributed by atoms with van der Waals surface area (Å²) >= 11 is 0. The van der Waals surface area contributed by atoms with E-state index in [1.165, 1.54) is 0 Å². The Hall–Kier alpha value is -2.48. The fourth-order valence-electron chi connectivity index (χ4n) is 1.45. The summed E-state index contributed by atoms with van der Waals surface area (Å²) in [5, 5.41) is 0. The summed E-state index contributed by atoms with van der Waals surface area (Å²) in [6.07, 6.45) is 0.00690. The van der Waals surface area contributed by atoms with Crippen LogP contribution in [0.5, 0.6) is 0 Å². The van der Waals surface area contributed by atoms with Crippen molar-refractivity contribution in [3.05, 3.63) is 29.3 Å². The van der Waals surface area contributed by atoms with E-state index in [9.17, 15) is 9.59 Å². The van der Waals surface area contributed by atoms with Crippen molar-refractivity contribution in [2.75, 3.05) is 18.9 Å². The Bertz CT molecular complexity index is 555. The van der Waals surface area contributed by atoms with Crippen molar-refractivity contribution in [1.29, 1.82) is 0 Å². The van der Waals surface area contributed by atoms with Crippen LogP contribution < -0.4 is 5.73 Å². The van der Waals surface area contributed by atoms with E-state index in [-0.39, 0.29) is 24.6 Å². The summed E-state index contributed by atoms with van der Waals surface area (Å²) in [5.41, 5.74) is 6.91. The van der Waals surface area contributed by atoms with E-state index in [2.05, 4.69) is 11.8 Å². The summed E-state index contributed by atoms with van der Waals surface area (Å²) < 4.78 is 9.65. The molecule has 5 nitrogen and oxygen atoms in total. The van der Waals surface area contributed by atoms with Gasteiger partial charge < -0.3 is 15.2 Å². The highest BCUT2D eigenvalue weighted by atomic mass is 16.5. The summed E-state index contributed by atoms with van der Waals surface area (Å²) in [4.78, 5) is 22.8. The summed E-state index contributed by atoms with van der Waals surface area (Å²) in [6.45, 7) is 4.06. The molecule has 0 radical (unpaired) electrons. The lowest BCUT2D eigenvalue weighted by molar-refractivity contribution is -0.141. The second kappa shape index (κ2) is 7.85. The van der Waals surface area contributed by atoms with Gasteiger partial charge in [0.1, 0.15) is 6.42 Å². The van der Waals surface area contributed by atoms with Crippen molar-refractivity contribution >= 4 is 17.6 Å². The molecule has 0 aliphatic heterocycles. The molecule has 1 rings (SSSR count). The Labute approximate surface area is 118 Å². The third kappa shape index (κ3) is 4.65. The Kier molecular flexibility index (Phi) is 6.11. The van der Waals surface area contributed by atoms with E-state index in [1.54, 1.807) is 32.0 Å². The highest BCUT2D eigenvalue weighted by Crippen LogP contribution is 2.15. The van der Waals surface area contributed by atoms with Crippen molar-refractivity contribution in [1.82, 2.24) is 0 Å². The summed E-state index contributed by atoms with van der Waals surface area (Å²) in [7, 11) is 0. The molecule has 0 saturated heterocycles. The molecule has 0 aromatic heterocycles. The molecule has 0 aliphatic rings. The van der Waals surface area contributed by atoms with Crippen LogP contribution in [0.25, 0.3) is 0 Å². The van der Waals surface area contributed by atoms with E-state index in [0.29, 0.717) is 17.9 Å². The standard InChI is InChI=1S/C15H17NO4/c1-3-19-14(17)7-5-6-11-8-9-13(16)12(10-11)15(18)20-4-2/h8-10H,3-4,7,16H2,1-2H3. The van der Waals surface area contributed by atoms with Crippen LogP contribution in [0.3, 0.4) is 0 Å². The molecule has 1 aromatic rings. The molecule has 0 atom stereocenters. The number of hydrogen-bond acceptors (Lipinski definition) is 5. The minimum atomic E-state index is -0.487. The first kappa shape index (κ1) is 15.6. The van der Waals surface area contributed by atoms with E-state index in [1.807, 2.05) is 0 Å². The maximum Gasteiger partial charge on any atom is 0.340 e. The van der Waals surface area contributed by atoms with Crippen LogP contribution in [0.1, 0.15) is 36.2 Å². The van der Waals surface area contributed by atoms with Crippen molar-refractivity contribution in [3.8, 4) is 11.8 Å². The molecule has 0 bridgehead atoms. The molecule has 1 aromatic carbocycles. The second-order valence-corrected chi connectivity index (χ2v) is 3.81. The van der Waals surface area contributed by atoms with Crippen molar-refractivity contribution in [3.63, 3.8) is 0 Å². The summed E-state index contributed by atoms with van der Waals surface area (Å²) in [6, 6.07) is 4.81. The van der Waals surface area contributed by atoms with Gasteiger partial charge in [0.2, 0.25) is 0 Å². The number of carbonyl (C=O) groups excluding carboxylic acids is 2. The fourth-order valence-corrected chi connectivity index (χ4v) is 1.45. The number of anilines is 1. The lowest BCUT2D eigenvalue weighted by Crippen LogP contribution is -2.08. The minimum Gasteiger partial charge on any atom is -0.465 e. The number of benzene rings is 1. The van der Waals surface area contributed by atoms with E-state index >= 15 is 0 Å². The van der Waals surface area contributed by atoms with Gasteiger partial charge in [-0.15, -0.1) is 0 Å². The lowest BCUT2D eigenvalue weighted by atomic mass is 10.1. The first-order chi connectivity index (χ1) is 9.58. The molecular formula is C15H17NO4. The Morgan fingerprint density at radius 2 is 1.90 bits per heavy atom. The molecule has 0 unspecified atom stereocenters. The number of esters is 2. The van der Waals surface area contributed by atoms with Gasteiger partial charge >= 0.3 is 11.9 Å². The molecule has 106 valence electrons. The number of nitrogen functional groups attached to an aromatic ring is 1. The number of carbonyl (C=O) groups is 2. The molecule has 0 fully saturated rings. The third-order valence-electron chi connectivity index (χ3n) is 2.32. The number of ether oxygens (including phenoxy) is 2. The molecule has 0 amide bonds. The van der Waals surface area contributed by atoms with Crippen LogP contribution in [0.4, 0.5) is 5.69 Å². The molecule has 0 saturated carbocycles. The third-order valence-corrected chi connectivity index (χ3v) is 2.32. The van der Waals surface area contributed by atoms with Gasteiger partial charge in [-0.3, -0.25) is 4.79 Å². The van der Waals surface area contributed by atoms with Crippen LogP contribution in [-0.4, -0.2) is 25.2 Å². The van der Waals surface area contributed by atoms with Gasteiger partial charge in [0.15, 0.2) is 0 Å². The molecule has 0 spiro atoms. The maximum atomic E-state index is 11.7. The van der Waals surface area contributed by atoms with E-state index in [0.717, 1.165) is 0 Å². The van der Waals surface area contributed by atoms with Gasteiger partial charge in [-0.25, -0.2) is 4.79 Å². The Morgan fingerprint density at radius 1 is 1.20 bits per heavy atom. The van der Waals surface area contributed by atoms with Gasteiger partial charge in [-0.2, -0.15) is 0 Å². The molecular weight excluding hydrogens is 258 g/mol. The Balaban J connectivity index is 2.83. The van der Waals surface area contributed by atoms with Gasteiger partial charge in [0.05, 0.1) is 18.8 Å². The topological polar surface area (TPSA) is 78.6 Å². The molecule has 0 aliphatic carbocycles. The van der Waals surface area contributed by atoms with Gasteiger partial charge in [0.25, 0.3) is 0 Å². The van der Waals surface area contributed by atoms with Crippen LogP contribution in [0.2, 0.25) is 0 Å². The molecule has 0 heterocycles. The zero-order chi connectivity index (χ0) is 15.0. The minimum absolute atomic E-state index is 0.00690. The van der Waals surface area contributed by atoms with E-state index < -0.39 is 5.97 Å². The average molecular weight is 275 g/mol. The van der Waals surface area contributed by atoms with Gasteiger partial charge in [0, 0.05) is 11.3 Å². The lowest BCUT2D eigenvalue weighted by Gasteiger charge is -2.05. The second-order valence-electron chi connectivity index (χ2n) is 3.81.